The first-order valence-electron chi connectivity index (χ1n) is 6.09. The standard InChI is InChI=1S/C14H22N2OS/c1-10(13(17)16-14(2,3)4)18-12-7-5-6-11(8-12)9-15/h5-8,10H,9,15H2,1-4H3,(H,16,17). The lowest BCUT2D eigenvalue weighted by molar-refractivity contribution is -0.121. The van der Waals surface area contributed by atoms with Gasteiger partial charge in [0.15, 0.2) is 0 Å². The zero-order chi connectivity index (χ0) is 13.8. The zero-order valence-electron chi connectivity index (χ0n) is 11.5. The first-order chi connectivity index (χ1) is 8.31. The molecule has 0 bridgehead atoms. The number of nitrogens with one attached hydrogen (secondary N) is 1. The molecule has 0 spiro atoms. The van der Waals surface area contributed by atoms with Crippen LogP contribution in [0.2, 0.25) is 0 Å². The number of hydrogen-bond donors (Lipinski definition) is 2. The van der Waals surface area contributed by atoms with E-state index in [4.69, 9.17) is 5.73 Å². The summed E-state index contributed by atoms with van der Waals surface area (Å²) in [5.74, 6) is 0.0608. The van der Waals surface area contributed by atoms with Crippen molar-refractivity contribution in [3.8, 4) is 0 Å². The predicted octanol–water partition coefficient (Wildman–Crippen LogP) is 2.54. The van der Waals surface area contributed by atoms with Crippen LogP contribution in [0.1, 0.15) is 33.3 Å². The van der Waals surface area contributed by atoms with Crippen molar-refractivity contribution in [1.29, 1.82) is 0 Å². The van der Waals surface area contributed by atoms with Gasteiger partial charge >= 0.3 is 0 Å². The van der Waals surface area contributed by atoms with E-state index in [1.54, 1.807) is 11.8 Å². The fraction of sp³-hybridized carbons (Fsp3) is 0.500. The van der Waals surface area contributed by atoms with E-state index in [0.29, 0.717) is 6.54 Å². The second-order valence-corrected chi connectivity index (χ2v) is 6.77. The van der Waals surface area contributed by atoms with Gasteiger partial charge in [-0.3, -0.25) is 4.79 Å². The summed E-state index contributed by atoms with van der Waals surface area (Å²) in [6, 6.07) is 8.00. The molecule has 0 fully saturated rings. The van der Waals surface area contributed by atoms with Crippen LogP contribution in [0.5, 0.6) is 0 Å². The Kier molecular flexibility index (Phi) is 5.23. The molecule has 1 aromatic rings. The third-order valence-corrected chi connectivity index (χ3v) is 3.41. The topological polar surface area (TPSA) is 55.1 Å². The van der Waals surface area contributed by atoms with Crippen LogP contribution in [0, 0.1) is 0 Å². The molecule has 1 amide bonds. The van der Waals surface area contributed by atoms with E-state index in [2.05, 4.69) is 5.32 Å². The summed E-state index contributed by atoms with van der Waals surface area (Å²) in [4.78, 5) is 13.0. The number of benzene rings is 1. The Hall–Kier alpha value is -1.00. The van der Waals surface area contributed by atoms with E-state index in [-0.39, 0.29) is 16.7 Å². The minimum atomic E-state index is -0.189. The fourth-order valence-corrected chi connectivity index (χ4v) is 2.43. The molecule has 0 aliphatic rings. The highest BCUT2D eigenvalue weighted by atomic mass is 32.2. The van der Waals surface area contributed by atoms with Crippen molar-refractivity contribution in [3.63, 3.8) is 0 Å². The monoisotopic (exact) mass is 266 g/mol. The molecule has 3 N–H and O–H groups in total. The van der Waals surface area contributed by atoms with Crippen LogP contribution in [-0.2, 0) is 11.3 Å². The van der Waals surface area contributed by atoms with Gasteiger partial charge in [0, 0.05) is 17.0 Å². The number of carbonyl (C=O) groups excluding carboxylic acids is 1. The van der Waals surface area contributed by atoms with Crippen molar-refractivity contribution in [2.45, 2.75) is 49.9 Å². The van der Waals surface area contributed by atoms with Crippen molar-refractivity contribution >= 4 is 17.7 Å². The Morgan fingerprint density at radius 3 is 2.67 bits per heavy atom. The van der Waals surface area contributed by atoms with Crippen molar-refractivity contribution in [3.05, 3.63) is 29.8 Å². The summed E-state index contributed by atoms with van der Waals surface area (Å²) in [5, 5.41) is 2.87. The van der Waals surface area contributed by atoms with Crippen LogP contribution in [0.3, 0.4) is 0 Å². The molecule has 0 heterocycles. The summed E-state index contributed by atoms with van der Waals surface area (Å²) < 4.78 is 0. The van der Waals surface area contributed by atoms with E-state index in [1.807, 2.05) is 52.0 Å². The maximum Gasteiger partial charge on any atom is 0.233 e. The van der Waals surface area contributed by atoms with Crippen molar-refractivity contribution < 1.29 is 4.79 Å². The lowest BCUT2D eigenvalue weighted by Crippen LogP contribution is -2.44. The summed E-state index contributed by atoms with van der Waals surface area (Å²) in [6.07, 6.45) is 0. The molecule has 0 radical (unpaired) electrons. The average molecular weight is 266 g/mol. The zero-order valence-corrected chi connectivity index (χ0v) is 12.3. The first-order valence-corrected chi connectivity index (χ1v) is 6.97. The Balaban J connectivity index is 2.63. The molecule has 0 saturated heterocycles. The van der Waals surface area contributed by atoms with E-state index in [9.17, 15) is 4.79 Å². The van der Waals surface area contributed by atoms with Crippen LogP contribution >= 0.6 is 11.8 Å². The van der Waals surface area contributed by atoms with Crippen molar-refractivity contribution in [2.24, 2.45) is 5.73 Å². The molecular formula is C14H22N2OS. The minimum absolute atomic E-state index is 0.0608. The Morgan fingerprint density at radius 1 is 1.44 bits per heavy atom. The van der Waals surface area contributed by atoms with Gasteiger partial charge in [0.25, 0.3) is 0 Å². The second kappa shape index (κ2) is 6.25. The molecule has 1 aromatic carbocycles. The smallest absolute Gasteiger partial charge is 0.233 e. The summed E-state index contributed by atoms with van der Waals surface area (Å²) in [7, 11) is 0. The van der Waals surface area contributed by atoms with Gasteiger partial charge in [0.2, 0.25) is 5.91 Å². The average Bonchev–Trinajstić information content (AvgIpc) is 2.27. The largest absolute Gasteiger partial charge is 0.351 e. The maximum absolute atomic E-state index is 12.0. The van der Waals surface area contributed by atoms with E-state index in [1.165, 1.54) is 0 Å². The molecule has 0 aliphatic heterocycles. The second-order valence-electron chi connectivity index (χ2n) is 5.35. The third kappa shape index (κ3) is 5.10. The lowest BCUT2D eigenvalue weighted by atomic mass is 10.1. The molecule has 0 aromatic heterocycles. The van der Waals surface area contributed by atoms with Crippen LogP contribution < -0.4 is 11.1 Å². The van der Waals surface area contributed by atoms with E-state index < -0.39 is 0 Å². The van der Waals surface area contributed by atoms with Gasteiger partial charge in [-0.05, 0) is 45.4 Å². The highest BCUT2D eigenvalue weighted by Crippen LogP contribution is 2.24. The Morgan fingerprint density at radius 2 is 2.11 bits per heavy atom. The van der Waals surface area contributed by atoms with Crippen molar-refractivity contribution in [1.82, 2.24) is 5.32 Å². The maximum atomic E-state index is 12.0. The number of nitrogens with two attached hydrogens (primary N) is 1. The number of carbonyl (C=O) groups is 1. The van der Waals surface area contributed by atoms with Gasteiger partial charge in [0.1, 0.15) is 0 Å². The molecular weight excluding hydrogens is 244 g/mol. The van der Waals surface area contributed by atoms with Gasteiger partial charge in [-0.2, -0.15) is 0 Å². The number of amides is 1. The Bertz CT molecular complexity index is 413. The number of hydrogen-bond acceptors (Lipinski definition) is 3. The fourth-order valence-electron chi connectivity index (χ4n) is 1.47. The van der Waals surface area contributed by atoms with E-state index >= 15 is 0 Å². The molecule has 1 unspecified atom stereocenters. The van der Waals surface area contributed by atoms with Gasteiger partial charge in [-0.1, -0.05) is 12.1 Å². The van der Waals surface area contributed by atoms with E-state index in [0.717, 1.165) is 10.5 Å². The number of rotatable bonds is 4. The van der Waals surface area contributed by atoms with Crippen LogP contribution in [0.4, 0.5) is 0 Å². The lowest BCUT2D eigenvalue weighted by Gasteiger charge is -2.23. The highest BCUT2D eigenvalue weighted by Gasteiger charge is 2.19. The SMILES string of the molecule is CC(Sc1cccc(CN)c1)C(=O)NC(C)(C)C. The summed E-state index contributed by atoms with van der Waals surface area (Å²) >= 11 is 1.55. The molecule has 3 nitrogen and oxygen atoms in total. The van der Waals surface area contributed by atoms with Gasteiger partial charge in [-0.15, -0.1) is 11.8 Å². The highest BCUT2D eigenvalue weighted by molar-refractivity contribution is 8.00. The van der Waals surface area contributed by atoms with Crippen LogP contribution in [0.25, 0.3) is 0 Å². The molecule has 18 heavy (non-hydrogen) atoms. The van der Waals surface area contributed by atoms with Gasteiger partial charge < -0.3 is 11.1 Å². The molecule has 4 heteroatoms. The van der Waals surface area contributed by atoms with Crippen molar-refractivity contribution in [2.75, 3.05) is 0 Å². The molecule has 1 rings (SSSR count). The molecule has 1 atom stereocenters. The van der Waals surface area contributed by atoms with Crippen LogP contribution in [0.15, 0.2) is 29.2 Å². The van der Waals surface area contributed by atoms with Crippen LogP contribution in [-0.4, -0.2) is 16.7 Å². The van der Waals surface area contributed by atoms with Gasteiger partial charge in [0.05, 0.1) is 5.25 Å². The predicted molar refractivity (Wildman–Crippen MR) is 77.5 cm³/mol. The minimum Gasteiger partial charge on any atom is -0.351 e. The quantitative estimate of drug-likeness (QED) is 0.823. The summed E-state index contributed by atoms with van der Waals surface area (Å²) in [5.41, 5.74) is 6.50. The number of thioether (sulfide) groups is 1. The van der Waals surface area contributed by atoms with Gasteiger partial charge in [-0.25, -0.2) is 0 Å². The Labute approximate surface area is 114 Å². The molecule has 100 valence electrons. The molecule has 0 saturated carbocycles. The third-order valence-electron chi connectivity index (χ3n) is 2.31. The normalized spacial score (nSPS) is 13.2. The molecule has 0 aliphatic carbocycles. The summed E-state index contributed by atoms with van der Waals surface area (Å²) in [6.45, 7) is 8.39. The first kappa shape index (κ1) is 15.1.